The molecule has 0 radical (unpaired) electrons. The van der Waals surface area contributed by atoms with Crippen molar-refractivity contribution < 1.29 is 14.3 Å². The second kappa shape index (κ2) is 5.09. The van der Waals surface area contributed by atoms with Crippen molar-refractivity contribution in [1.29, 1.82) is 0 Å². The summed E-state index contributed by atoms with van der Waals surface area (Å²) in [5, 5.41) is 0. The maximum atomic E-state index is 13.1. The van der Waals surface area contributed by atoms with E-state index < -0.39 is 11.6 Å². The molecule has 4 rings (SSSR count). The van der Waals surface area contributed by atoms with Gasteiger partial charge in [-0.25, -0.2) is 4.79 Å². The van der Waals surface area contributed by atoms with Crippen molar-refractivity contribution in [1.82, 2.24) is 0 Å². The minimum Gasteiger partial charge on any atom is -0.440 e. The van der Waals surface area contributed by atoms with Gasteiger partial charge in [-0.15, -0.1) is 0 Å². The summed E-state index contributed by atoms with van der Waals surface area (Å²) in [6.45, 7) is 0.458. The van der Waals surface area contributed by atoms with Crippen molar-refractivity contribution in [3.8, 4) is 0 Å². The van der Waals surface area contributed by atoms with E-state index in [1.54, 1.807) is 11.0 Å². The van der Waals surface area contributed by atoms with Gasteiger partial charge in [0.2, 0.25) is 5.60 Å². The van der Waals surface area contributed by atoms with Crippen molar-refractivity contribution in [3.63, 3.8) is 0 Å². The highest BCUT2D eigenvalue weighted by Gasteiger charge is 2.54. The van der Waals surface area contributed by atoms with Crippen molar-refractivity contribution in [2.45, 2.75) is 18.6 Å². The molecule has 0 fully saturated rings. The molecule has 1 atom stereocenters. The van der Waals surface area contributed by atoms with Gasteiger partial charge in [-0.3, -0.25) is 4.79 Å². The highest BCUT2D eigenvalue weighted by Crippen LogP contribution is 2.46. The Morgan fingerprint density at radius 2 is 1.74 bits per heavy atom. The van der Waals surface area contributed by atoms with Gasteiger partial charge in [-0.2, -0.15) is 0 Å². The predicted octanol–water partition coefficient (Wildman–Crippen LogP) is 2.93. The van der Waals surface area contributed by atoms with E-state index in [4.69, 9.17) is 4.74 Å². The van der Waals surface area contributed by atoms with Crippen LogP contribution in [0.1, 0.15) is 17.5 Å². The van der Waals surface area contributed by atoms with Crippen LogP contribution in [0.5, 0.6) is 0 Å². The number of nitrogens with zero attached hydrogens (tertiary/aromatic N) is 1. The Bertz CT molecular complexity index is 812. The number of amides is 1. The number of hydrogen-bond acceptors (Lipinski definition) is 3. The molecule has 0 bridgehead atoms. The molecule has 1 spiro atoms. The van der Waals surface area contributed by atoms with Crippen LogP contribution in [0.3, 0.4) is 0 Å². The van der Waals surface area contributed by atoms with Crippen molar-refractivity contribution in [2.75, 3.05) is 4.90 Å². The standard InChI is InChI=1S/C19H15NO3/c21-17-11-6-12-19(23-17)15-9-4-5-10-16(15)20(18(19)22)13-14-7-2-1-3-8-14/h1-11H,12-13H2/t19-/m1/s1. The molecule has 0 aliphatic carbocycles. The van der Waals surface area contributed by atoms with Gasteiger partial charge >= 0.3 is 5.97 Å². The monoisotopic (exact) mass is 305 g/mol. The zero-order chi connectivity index (χ0) is 15.9. The van der Waals surface area contributed by atoms with E-state index in [1.807, 2.05) is 54.6 Å². The largest absolute Gasteiger partial charge is 0.440 e. The van der Waals surface area contributed by atoms with E-state index in [0.29, 0.717) is 13.0 Å². The number of benzene rings is 2. The average molecular weight is 305 g/mol. The smallest absolute Gasteiger partial charge is 0.331 e. The maximum absolute atomic E-state index is 13.1. The summed E-state index contributed by atoms with van der Waals surface area (Å²) < 4.78 is 5.52. The third kappa shape index (κ3) is 2.06. The van der Waals surface area contributed by atoms with Crippen molar-refractivity contribution >= 4 is 17.6 Å². The molecule has 0 N–H and O–H groups in total. The first kappa shape index (κ1) is 13.8. The summed E-state index contributed by atoms with van der Waals surface area (Å²) in [6.07, 6.45) is 3.47. The fourth-order valence-electron chi connectivity index (χ4n) is 3.28. The second-order valence-electron chi connectivity index (χ2n) is 5.75. The molecular weight excluding hydrogens is 290 g/mol. The lowest BCUT2D eigenvalue weighted by atomic mass is 9.90. The third-order valence-electron chi connectivity index (χ3n) is 4.34. The van der Waals surface area contributed by atoms with E-state index in [9.17, 15) is 9.59 Å². The number of anilines is 1. The van der Waals surface area contributed by atoms with E-state index in [-0.39, 0.29) is 5.91 Å². The molecule has 1 amide bonds. The lowest BCUT2D eigenvalue weighted by Gasteiger charge is -2.29. The summed E-state index contributed by atoms with van der Waals surface area (Å²) >= 11 is 0. The van der Waals surface area contributed by atoms with Crippen LogP contribution in [0.4, 0.5) is 5.69 Å². The second-order valence-corrected chi connectivity index (χ2v) is 5.75. The first-order valence-corrected chi connectivity index (χ1v) is 7.56. The summed E-state index contributed by atoms with van der Waals surface area (Å²) in [5.41, 5.74) is 1.39. The van der Waals surface area contributed by atoms with Gasteiger partial charge in [-0.1, -0.05) is 54.6 Å². The minimum absolute atomic E-state index is 0.180. The number of ether oxygens (including phenoxy) is 1. The maximum Gasteiger partial charge on any atom is 0.331 e. The molecule has 2 aromatic rings. The molecule has 0 aromatic heterocycles. The number of carbonyl (C=O) groups is 2. The summed E-state index contributed by atoms with van der Waals surface area (Å²) in [4.78, 5) is 26.6. The molecular formula is C19H15NO3. The molecule has 2 aliphatic heterocycles. The van der Waals surface area contributed by atoms with Gasteiger partial charge in [0.1, 0.15) is 0 Å². The Kier molecular flexibility index (Phi) is 3.05. The van der Waals surface area contributed by atoms with E-state index in [0.717, 1.165) is 16.8 Å². The number of para-hydroxylation sites is 1. The van der Waals surface area contributed by atoms with Crippen LogP contribution in [0.2, 0.25) is 0 Å². The number of hydrogen-bond donors (Lipinski definition) is 0. The molecule has 2 aromatic carbocycles. The van der Waals surface area contributed by atoms with Crippen molar-refractivity contribution in [2.24, 2.45) is 0 Å². The van der Waals surface area contributed by atoms with Crippen LogP contribution in [0.25, 0.3) is 0 Å². The first-order valence-electron chi connectivity index (χ1n) is 7.56. The molecule has 0 saturated heterocycles. The van der Waals surface area contributed by atoms with Gasteiger partial charge in [0.15, 0.2) is 0 Å². The topological polar surface area (TPSA) is 46.6 Å². The molecule has 23 heavy (non-hydrogen) atoms. The Morgan fingerprint density at radius 3 is 2.52 bits per heavy atom. The van der Waals surface area contributed by atoms with Crippen LogP contribution >= 0.6 is 0 Å². The highest BCUT2D eigenvalue weighted by molar-refractivity contribution is 6.08. The molecule has 0 unspecified atom stereocenters. The van der Waals surface area contributed by atoms with Gasteiger partial charge in [0.05, 0.1) is 12.2 Å². The molecule has 114 valence electrons. The lowest BCUT2D eigenvalue weighted by molar-refractivity contribution is -0.164. The molecule has 4 nitrogen and oxygen atoms in total. The van der Waals surface area contributed by atoms with E-state index in [1.165, 1.54) is 6.08 Å². The number of fused-ring (bicyclic) bond motifs is 2. The fraction of sp³-hybridized carbons (Fsp3) is 0.158. The Balaban J connectivity index is 1.79. The quantitative estimate of drug-likeness (QED) is 0.801. The molecule has 0 saturated carbocycles. The highest BCUT2D eigenvalue weighted by atomic mass is 16.6. The first-order chi connectivity index (χ1) is 11.2. The van der Waals surface area contributed by atoms with Crippen LogP contribution in [0.15, 0.2) is 66.7 Å². The van der Waals surface area contributed by atoms with E-state index >= 15 is 0 Å². The molecule has 2 aliphatic rings. The van der Waals surface area contributed by atoms with Gasteiger partial charge < -0.3 is 9.64 Å². The number of rotatable bonds is 2. The Hall–Kier alpha value is -2.88. The summed E-state index contributed by atoms with van der Waals surface area (Å²) in [5.74, 6) is -0.652. The average Bonchev–Trinajstić information content (AvgIpc) is 2.79. The Morgan fingerprint density at radius 1 is 1.00 bits per heavy atom. The minimum atomic E-state index is -1.21. The Labute approximate surface area is 134 Å². The van der Waals surface area contributed by atoms with Crippen LogP contribution < -0.4 is 4.90 Å². The normalized spacial score (nSPS) is 22.3. The van der Waals surface area contributed by atoms with Crippen LogP contribution in [-0.2, 0) is 26.5 Å². The van der Waals surface area contributed by atoms with Crippen LogP contribution in [-0.4, -0.2) is 11.9 Å². The predicted molar refractivity (Wildman–Crippen MR) is 85.6 cm³/mol. The van der Waals surface area contributed by atoms with Gasteiger partial charge in [0.25, 0.3) is 5.91 Å². The SMILES string of the molecule is O=C1C=CC[C@]2(O1)C(=O)N(Cc1ccccc1)c1ccccc12. The number of carbonyl (C=O) groups excluding carboxylic acids is 2. The molecule has 2 heterocycles. The van der Waals surface area contributed by atoms with Crippen LogP contribution in [0, 0.1) is 0 Å². The molecule has 4 heteroatoms. The third-order valence-corrected chi connectivity index (χ3v) is 4.34. The van der Waals surface area contributed by atoms with Gasteiger partial charge in [0, 0.05) is 18.1 Å². The van der Waals surface area contributed by atoms with Crippen molar-refractivity contribution in [3.05, 3.63) is 77.9 Å². The lowest BCUT2D eigenvalue weighted by Crippen LogP contribution is -2.44. The zero-order valence-electron chi connectivity index (χ0n) is 12.4. The summed E-state index contributed by atoms with van der Waals surface area (Å²) in [6, 6.07) is 17.3. The zero-order valence-corrected chi connectivity index (χ0v) is 12.4. The van der Waals surface area contributed by atoms with Gasteiger partial charge in [-0.05, 0) is 11.6 Å². The number of esters is 1. The van der Waals surface area contributed by atoms with E-state index in [2.05, 4.69) is 0 Å². The summed E-state index contributed by atoms with van der Waals surface area (Å²) in [7, 11) is 0. The fourth-order valence-corrected chi connectivity index (χ4v) is 3.28.